The van der Waals surface area contributed by atoms with Crippen LogP contribution in [0.15, 0.2) is 90.0 Å². The molecule has 0 saturated carbocycles. The highest BCUT2D eigenvalue weighted by Gasteiger charge is 2.40. The second kappa shape index (κ2) is 15.6. The van der Waals surface area contributed by atoms with Crippen LogP contribution in [0.25, 0.3) is 0 Å². The smallest absolute Gasteiger partial charge is 0.294 e. The predicted molar refractivity (Wildman–Crippen MR) is 209 cm³/mol. The van der Waals surface area contributed by atoms with Gasteiger partial charge in [0.05, 0.1) is 11.3 Å². The molecule has 2 amide bonds. The fourth-order valence-corrected chi connectivity index (χ4v) is 5.99. The number of rotatable bonds is 13. The number of nitriles is 1. The second-order valence-electron chi connectivity index (χ2n) is 14.5. The highest BCUT2D eigenvalue weighted by atomic mass is 35.5. The van der Waals surface area contributed by atoms with Gasteiger partial charge in [-0.25, -0.2) is 0 Å². The third-order valence-corrected chi connectivity index (χ3v) is 10.4. The lowest BCUT2D eigenvalue weighted by Gasteiger charge is -2.31. The lowest BCUT2D eigenvalue weighted by molar-refractivity contribution is -0.123. The number of aryl methyl sites for hydroxylation is 1. The van der Waals surface area contributed by atoms with E-state index in [1.165, 1.54) is 16.6 Å². The normalized spacial score (nSPS) is 15.2. The van der Waals surface area contributed by atoms with Gasteiger partial charge in [0.1, 0.15) is 23.3 Å². The van der Waals surface area contributed by atoms with Gasteiger partial charge >= 0.3 is 0 Å². The Hall–Kier alpha value is -5.13. The lowest BCUT2D eigenvalue weighted by atomic mass is 9.76. The van der Waals surface area contributed by atoms with Crippen molar-refractivity contribution in [1.29, 1.82) is 5.26 Å². The minimum absolute atomic E-state index is 0.000677. The van der Waals surface area contributed by atoms with Crippen LogP contribution in [0, 0.1) is 18.3 Å². The Bertz CT molecular complexity index is 2010. The largest absolute Gasteiger partial charge is 0.480 e. The molecule has 0 bridgehead atoms. The first-order valence-electron chi connectivity index (χ1n) is 17.8. The van der Waals surface area contributed by atoms with E-state index in [-0.39, 0.29) is 28.0 Å². The first kappa shape index (κ1) is 38.1. The molecule has 0 radical (unpaired) electrons. The van der Waals surface area contributed by atoms with Crippen LogP contribution >= 0.6 is 11.6 Å². The maximum absolute atomic E-state index is 13.9. The van der Waals surface area contributed by atoms with Crippen molar-refractivity contribution in [3.8, 4) is 17.6 Å². The SMILES string of the molecule is CCC(Oc1ccc(C(C)(C)CC)cc1C(C)(C)CC)C(=O)Nc1ccc(N2N=C(c3ccc(Cl)cc3)C(Oc3ccc(C)cc3)C2=O)c(C#N)c1. The number of hydrogen-bond donors (Lipinski definition) is 1. The van der Waals surface area contributed by atoms with Gasteiger partial charge in [-0.15, -0.1) is 0 Å². The molecule has 270 valence electrons. The molecule has 5 rings (SSSR count). The zero-order valence-electron chi connectivity index (χ0n) is 31.2. The predicted octanol–water partition coefficient (Wildman–Crippen LogP) is 9.89. The van der Waals surface area contributed by atoms with Crippen LogP contribution in [0.1, 0.15) is 95.5 Å². The second-order valence-corrected chi connectivity index (χ2v) is 14.9. The molecule has 8 nitrogen and oxygen atoms in total. The number of halogens is 1. The monoisotopic (exact) mass is 718 g/mol. The van der Waals surface area contributed by atoms with E-state index in [0.29, 0.717) is 39.9 Å². The van der Waals surface area contributed by atoms with E-state index in [1.54, 1.807) is 48.5 Å². The van der Waals surface area contributed by atoms with E-state index in [1.807, 2.05) is 32.0 Å². The van der Waals surface area contributed by atoms with Gasteiger partial charge in [0.15, 0.2) is 6.10 Å². The summed E-state index contributed by atoms with van der Waals surface area (Å²) in [5.41, 5.74) is 5.01. The van der Waals surface area contributed by atoms with E-state index in [9.17, 15) is 14.9 Å². The number of anilines is 2. The maximum atomic E-state index is 13.9. The van der Waals surface area contributed by atoms with Gasteiger partial charge in [-0.2, -0.15) is 15.4 Å². The first-order valence-corrected chi connectivity index (χ1v) is 18.2. The minimum Gasteiger partial charge on any atom is -0.480 e. The fourth-order valence-electron chi connectivity index (χ4n) is 5.86. The summed E-state index contributed by atoms with van der Waals surface area (Å²) in [6.45, 7) is 17.0. The fraction of sp³-hybridized carbons (Fsp3) is 0.349. The summed E-state index contributed by atoms with van der Waals surface area (Å²) in [5.74, 6) is 0.383. The molecule has 52 heavy (non-hydrogen) atoms. The molecular weight excluding hydrogens is 672 g/mol. The average molecular weight is 719 g/mol. The number of hydrogen-bond acceptors (Lipinski definition) is 6. The molecule has 0 aromatic heterocycles. The molecule has 0 saturated heterocycles. The number of nitrogens with zero attached hydrogens (tertiary/aromatic N) is 3. The number of hydrazone groups is 1. The van der Waals surface area contributed by atoms with Crippen molar-refractivity contribution in [2.45, 2.75) is 97.7 Å². The van der Waals surface area contributed by atoms with Crippen molar-refractivity contribution < 1.29 is 19.1 Å². The number of carbonyl (C=O) groups is 2. The van der Waals surface area contributed by atoms with Crippen LogP contribution < -0.4 is 19.8 Å². The van der Waals surface area contributed by atoms with E-state index in [2.05, 4.69) is 70.2 Å². The third kappa shape index (κ3) is 8.16. The lowest BCUT2D eigenvalue weighted by Crippen LogP contribution is -2.37. The summed E-state index contributed by atoms with van der Waals surface area (Å²) in [4.78, 5) is 27.6. The van der Waals surface area contributed by atoms with Crippen LogP contribution in [-0.2, 0) is 20.4 Å². The summed E-state index contributed by atoms with van der Waals surface area (Å²) in [7, 11) is 0. The Morgan fingerprint density at radius 2 is 1.62 bits per heavy atom. The van der Waals surface area contributed by atoms with Crippen molar-refractivity contribution in [2.75, 3.05) is 10.3 Å². The highest BCUT2D eigenvalue weighted by Crippen LogP contribution is 2.39. The summed E-state index contributed by atoms with van der Waals surface area (Å²) in [5, 5.41) is 19.5. The highest BCUT2D eigenvalue weighted by molar-refractivity contribution is 6.31. The molecular formula is C43H47ClN4O4. The van der Waals surface area contributed by atoms with Gasteiger partial charge in [0.2, 0.25) is 6.10 Å². The Labute approximate surface area is 312 Å². The number of amides is 2. The minimum atomic E-state index is -1.07. The van der Waals surface area contributed by atoms with Gasteiger partial charge in [-0.3, -0.25) is 9.59 Å². The number of ether oxygens (including phenoxy) is 2. The van der Waals surface area contributed by atoms with Crippen molar-refractivity contribution in [2.24, 2.45) is 5.10 Å². The van der Waals surface area contributed by atoms with Gasteiger partial charge in [0, 0.05) is 21.8 Å². The molecule has 4 aromatic carbocycles. The van der Waals surface area contributed by atoms with E-state index in [4.69, 9.17) is 21.1 Å². The molecule has 1 heterocycles. The van der Waals surface area contributed by atoms with Gasteiger partial charge in [-0.1, -0.05) is 102 Å². The Kier molecular flexibility index (Phi) is 11.5. The molecule has 9 heteroatoms. The molecule has 4 aromatic rings. The quantitative estimate of drug-likeness (QED) is 0.148. The standard InChI is InChI=1S/C43H47ClN4O4/c1-9-36(52-37-23-16-30(42(5,6)10-2)25-34(37)43(7,8)11-3)40(49)46-32-19-22-35(29(24-32)26-45)48-41(50)39(51-33-20-12-27(4)13-21-33)38(47-48)28-14-17-31(44)18-15-28/h12-25,36,39H,9-11H2,1-8H3,(H,46,49). The van der Waals surface area contributed by atoms with E-state index >= 15 is 0 Å². The molecule has 0 aliphatic carbocycles. The van der Waals surface area contributed by atoms with Crippen LogP contribution in [0.4, 0.5) is 11.4 Å². The Morgan fingerprint density at radius 1 is 0.942 bits per heavy atom. The van der Waals surface area contributed by atoms with Gasteiger partial charge in [0.25, 0.3) is 11.8 Å². The molecule has 1 aliphatic heterocycles. The zero-order valence-corrected chi connectivity index (χ0v) is 32.0. The van der Waals surface area contributed by atoms with Gasteiger partial charge < -0.3 is 14.8 Å². The van der Waals surface area contributed by atoms with Crippen molar-refractivity contribution in [3.05, 3.63) is 118 Å². The number of nitrogens with one attached hydrogen (secondary N) is 1. The van der Waals surface area contributed by atoms with Crippen molar-refractivity contribution >= 4 is 40.5 Å². The topological polar surface area (TPSA) is 104 Å². The van der Waals surface area contributed by atoms with Crippen LogP contribution in [0.2, 0.25) is 5.02 Å². The number of carbonyl (C=O) groups excluding carboxylic acids is 2. The summed E-state index contributed by atoms with van der Waals surface area (Å²) >= 11 is 6.15. The summed E-state index contributed by atoms with van der Waals surface area (Å²) < 4.78 is 12.6. The molecule has 1 N–H and O–H groups in total. The third-order valence-electron chi connectivity index (χ3n) is 10.1. The molecule has 1 aliphatic rings. The van der Waals surface area contributed by atoms with Crippen LogP contribution in [0.5, 0.6) is 11.5 Å². The number of benzene rings is 4. The van der Waals surface area contributed by atoms with Crippen LogP contribution in [0.3, 0.4) is 0 Å². The van der Waals surface area contributed by atoms with Crippen molar-refractivity contribution in [3.63, 3.8) is 0 Å². The average Bonchev–Trinajstić information content (AvgIpc) is 3.46. The first-order chi connectivity index (χ1) is 24.7. The molecule has 0 spiro atoms. The maximum Gasteiger partial charge on any atom is 0.294 e. The molecule has 0 fully saturated rings. The summed E-state index contributed by atoms with van der Waals surface area (Å²) in [6.07, 6.45) is 0.465. The molecule has 2 unspecified atom stereocenters. The zero-order chi connectivity index (χ0) is 37.8. The van der Waals surface area contributed by atoms with Gasteiger partial charge in [-0.05, 0) is 91.1 Å². The summed E-state index contributed by atoms with van der Waals surface area (Å²) in [6, 6.07) is 27.6. The van der Waals surface area contributed by atoms with E-state index < -0.39 is 18.1 Å². The van der Waals surface area contributed by atoms with Crippen LogP contribution in [-0.4, -0.2) is 29.7 Å². The van der Waals surface area contributed by atoms with E-state index in [0.717, 1.165) is 24.0 Å². The Morgan fingerprint density at radius 3 is 2.23 bits per heavy atom. The molecule has 2 atom stereocenters. The Balaban J connectivity index is 1.41. The van der Waals surface area contributed by atoms with Crippen molar-refractivity contribution in [1.82, 2.24) is 0 Å².